The van der Waals surface area contributed by atoms with Crippen LogP contribution in [0.4, 0.5) is 0 Å². The van der Waals surface area contributed by atoms with E-state index >= 15 is 0 Å². The van der Waals surface area contributed by atoms with Crippen molar-refractivity contribution in [2.45, 2.75) is 40.3 Å². The number of benzene rings is 1. The first-order valence-electron chi connectivity index (χ1n) is 7.06. The highest BCUT2D eigenvalue weighted by molar-refractivity contribution is 5.69. The van der Waals surface area contributed by atoms with E-state index in [9.17, 15) is 4.79 Å². The Morgan fingerprint density at radius 3 is 2.55 bits per heavy atom. The molecule has 1 N–H and O–H groups in total. The predicted octanol–water partition coefficient (Wildman–Crippen LogP) is 3.02. The Balaban J connectivity index is 2.73. The quantitative estimate of drug-likeness (QED) is 0.794. The maximum absolute atomic E-state index is 10.9. The Morgan fingerprint density at radius 1 is 1.30 bits per heavy atom. The third-order valence-electron chi connectivity index (χ3n) is 2.66. The van der Waals surface area contributed by atoms with Crippen LogP contribution in [0.3, 0.4) is 0 Å². The zero-order valence-corrected chi connectivity index (χ0v) is 12.8. The lowest BCUT2D eigenvalue weighted by molar-refractivity contribution is -0.138. The molecule has 0 bridgehead atoms. The second-order valence-electron chi connectivity index (χ2n) is 5.77. The summed E-state index contributed by atoms with van der Waals surface area (Å²) in [6.07, 6.45) is 0.135. The summed E-state index contributed by atoms with van der Waals surface area (Å²) in [5.41, 5.74) is 1.07. The summed E-state index contributed by atoms with van der Waals surface area (Å²) in [5.74, 6) is 0.474. The molecule has 0 saturated heterocycles. The number of ether oxygens (including phenoxy) is 1. The fourth-order valence-electron chi connectivity index (χ4n) is 2.14. The Hall–Kier alpha value is -1.55. The Labute approximate surface area is 121 Å². The molecule has 0 fully saturated rings. The van der Waals surface area contributed by atoms with Crippen molar-refractivity contribution in [2.24, 2.45) is 5.92 Å². The van der Waals surface area contributed by atoms with Gasteiger partial charge in [0.15, 0.2) is 0 Å². The van der Waals surface area contributed by atoms with Crippen molar-refractivity contribution in [3.05, 3.63) is 29.8 Å². The van der Waals surface area contributed by atoms with E-state index in [2.05, 4.69) is 13.8 Å². The van der Waals surface area contributed by atoms with Gasteiger partial charge in [0.2, 0.25) is 0 Å². The molecule has 4 heteroatoms. The Bertz CT molecular complexity index is 429. The van der Waals surface area contributed by atoms with E-state index in [1.807, 2.05) is 43.0 Å². The molecule has 0 aromatic heterocycles. The molecule has 1 rings (SSSR count). The molecule has 0 radical (unpaired) electrons. The fraction of sp³-hybridized carbons (Fsp3) is 0.562. The van der Waals surface area contributed by atoms with Crippen LogP contribution in [-0.2, 0) is 11.3 Å². The highest BCUT2D eigenvalue weighted by atomic mass is 16.5. The molecule has 0 aliphatic rings. The van der Waals surface area contributed by atoms with Gasteiger partial charge in [-0.1, -0.05) is 26.0 Å². The number of nitrogens with zero attached hydrogens (tertiary/aromatic N) is 1. The molecule has 1 aromatic carbocycles. The number of rotatable bonds is 8. The average Bonchev–Trinajstić information content (AvgIpc) is 2.26. The lowest BCUT2D eigenvalue weighted by Gasteiger charge is -2.22. The molecule has 0 aliphatic heterocycles. The summed E-state index contributed by atoms with van der Waals surface area (Å²) in [5, 5.41) is 8.98. The van der Waals surface area contributed by atoms with Gasteiger partial charge in [0.1, 0.15) is 5.75 Å². The van der Waals surface area contributed by atoms with Gasteiger partial charge >= 0.3 is 5.97 Å². The van der Waals surface area contributed by atoms with Crippen molar-refractivity contribution in [3.8, 4) is 5.75 Å². The first-order chi connectivity index (χ1) is 9.36. The van der Waals surface area contributed by atoms with Crippen molar-refractivity contribution < 1.29 is 14.6 Å². The SMILES string of the molecule is CC(C)CN(CC(=O)O)Cc1cccc(OC(C)C)c1. The molecule has 0 heterocycles. The van der Waals surface area contributed by atoms with Gasteiger partial charge < -0.3 is 9.84 Å². The number of carboxylic acids is 1. The molecule has 0 atom stereocenters. The lowest BCUT2D eigenvalue weighted by atomic mass is 10.1. The van der Waals surface area contributed by atoms with Crippen molar-refractivity contribution in [3.63, 3.8) is 0 Å². The summed E-state index contributed by atoms with van der Waals surface area (Å²) in [4.78, 5) is 12.9. The zero-order chi connectivity index (χ0) is 15.1. The van der Waals surface area contributed by atoms with E-state index < -0.39 is 5.97 Å². The van der Waals surface area contributed by atoms with Crippen LogP contribution < -0.4 is 4.74 Å². The number of carboxylic acid groups (broad SMARTS) is 1. The van der Waals surface area contributed by atoms with Crippen LogP contribution in [0.2, 0.25) is 0 Å². The first-order valence-corrected chi connectivity index (χ1v) is 7.06. The Kier molecular flexibility index (Phi) is 6.52. The van der Waals surface area contributed by atoms with Gasteiger partial charge in [-0.15, -0.1) is 0 Å². The summed E-state index contributed by atoms with van der Waals surface area (Å²) in [7, 11) is 0. The van der Waals surface area contributed by atoms with Gasteiger partial charge in [-0.3, -0.25) is 9.69 Å². The van der Waals surface area contributed by atoms with Crippen LogP contribution in [0.15, 0.2) is 24.3 Å². The van der Waals surface area contributed by atoms with E-state index in [1.165, 1.54) is 0 Å². The number of carbonyl (C=O) groups is 1. The third-order valence-corrected chi connectivity index (χ3v) is 2.66. The van der Waals surface area contributed by atoms with Crippen LogP contribution in [0.25, 0.3) is 0 Å². The van der Waals surface area contributed by atoms with Crippen LogP contribution in [-0.4, -0.2) is 35.2 Å². The van der Waals surface area contributed by atoms with Crippen molar-refractivity contribution >= 4 is 5.97 Å². The molecule has 0 unspecified atom stereocenters. The minimum Gasteiger partial charge on any atom is -0.491 e. The molecule has 0 spiro atoms. The molecule has 4 nitrogen and oxygen atoms in total. The second-order valence-corrected chi connectivity index (χ2v) is 5.77. The molecule has 0 amide bonds. The van der Waals surface area contributed by atoms with E-state index in [1.54, 1.807) is 0 Å². The average molecular weight is 279 g/mol. The number of aliphatic carboxylic acids is 1. The third kappa shape index (κ3) is 6.57. The van der Waals surface area contributed by atoms with Crippen molar-refractivity contribution in [1.29, 1.82) is 0 Å². The van der Waals surface area contributed by atoms with Crippen molar-refractivity contribution in [2.75, 3.05) is 13.1 Å². The lowest BCUT2D eigenvalue weighted by Crippen LogP contribution is -2.32. The summed E-state index contributed by atoms with van der Waals surface area (Å²) >= 11 is 0. The largest absolute Gasteiger partial charge is 0.491 e. The van der Waals surface area contributed by atoms with Crippen molar-refractivity contribution in [1.82, 2.24) is 4.90 Å². The van der Waals surface area contributed by atoms with Crippen LogP contribution in [0.1, 0.15) is 33.3 Å². The monoisotopic (exact) mass is 279 g/mol. The maximum atomic E-state index is 10.9. The highest BCUT2D eigenvalue weighted by Crippen LogP contribution is 2.16. The molecule has 20 heavy (non-hydrogen) atoms. The van der Waals surface area contributed by atoms with E-state index in [4.69, 9.17) is 9.84 Å². The first kappa shape index (κ1) is 16.5. The van der Waals surface area contributed by atoms with Crippen LogP contribution in [0, 0.1) is 5.92 Å². The maximum Gasteiger partial charge on any atom is 0.317 e. The summed E-state index contributed by atoms with van der Waals surface area (Å²) in [6.45, 7) is 9.61. The standard InChI is InChI=1S/C16H25NO3/c1-12(2)9-17(11-16(18)19)10-14-6-5-7-15(8-14)20-13(3)4/h5-8,12-13H,9-11H2,1-4H3,(H,18,19). The smallest absolute Gasteiger partial charge is 0.317 e. The minimum atomic E-state index is -0.791. The number of hydrogen-bond acceptors (Lipinski definition) is 3. The predicted molar refractivity (Wildman–Crippen MR) is 80.0 cm³/mol. The van der Waals surface area contributed by atoms with Gasteiger partial charge in [0.05, 0.1) is 12.6 Å². The van der Waals surface area contributed by atoms with Gasteiger partial charge in [0, 0.05) is 13.1 Å². The minimum absolute atomic E-state index is 0.0629. The van der Waals surface area contributed by atoms with E-state index in [0.717, 1.165) is 17.9 Å². The topological polar surface area (TPSA) is 49.8 Å². The molecule has 0 saturated carbocycles. The summed E-state index contributed by atoms with van der Waals surface area (Å²) < 4.78 is 5.66. The zero-order valence-electron chi connectivity index (χ0n) is 12.8. The van der Waals surface area contributed by atoms with Gasteiger partial charge in [-0.25, -0.2) is 0 Å². The van der Waals surface area contributed by atoms with E-state index in [0.29, 0.717) is 12.5 Å². The van der Waals surface area contributed by atoms with Gasteiger partial charge in [-0.05, 0) is 37.5 Å². The van der Waals surface area contributed by atoms with E-state index in [-0.39, 0.29) is 12.6 Å². The van der Waals surface area contributed by atoms with Crippen LogP contribution in [0.5, 0.6) is 5.75 Å². The molecular weight excluding hydrogens is 254 g/mol. The number of hydrogen-bond donors (Lipinski definition) is 1. The summed E-state index contributed by atoms with van der Waals surface area (Å²) in [6, 6.07) is 7.85. The molecule has 0 aliphatic carbocycles. The van der Waals surface area contributed by atoms with Gasteiger partial charge in [0.25, 0.3) is 0 Å². The Morgan fingerprint density at radius 2 is 2.00 bits per heavy atom. The highest BCUT2D eigenvalue weighted by Gasteiger charge is 2.12. The fourth-order valence-corrected chi connectivity index (χ4v) is 2.14. The second kappa shape index (κ2) is 7.90. The van der Waals surface area contributed by atoms with Crippen LogP contribution >= 0.6 is 0 Å². The van der Waals surface area contributed by atoms with Gasteiger partial charge in [-0.2, -0.15) is 0 Å². The molecule has 1 aromatic rings. The normalized spacial score (nSPS) is 11.3. The molecular formula is C16H25NO3. The molecule has 112 valence electrons.